The molecule has 0 aromatic heterocycles. The molecule has 7 nitrogen and oxygen atoms in total. The molecule has 140 valence electrons. The van der Waals surface area contributed by atoms with Crippen molar-refractivity contribution in [3.63, 3.8) is 0 Å². The van der Waals surface area contributed by atoms with Crippen LogP contribution in [-0.4, -0.2) is 56.5 Å². The molecule has 1 aromatic rings. The Kier molecular flexibility index (Phi) is 4.52. The molecule has 2 heterocycles. The molecule has 26 heavy (non-hydrogen) atoms. The Hall–Kier alpha value is -2.41. The summed E-state index contributed by atoms with van der Waals surface area (Å²) in [6.45, 7) is 1.83. The fourth-order valence-electron chi connectivity index (χ4n) is 4.25. The van der Waals surface area contributed by atoms with E-state index in [1.807, 2.05) is 50.2 Å². The molecule has 2 fully saturated rings. The number of hydrogen-bond donors (Lipinski definition) is 1. The minimum absolute atomic E-state index is 0.256. The summed E-state index contributed by atoms with van der Waals surface area (Å²) in [5.41, 5.74) is 0.715. The first kappa shape index (κ1) is 18.4. The lowest BCUT2D eigenvalue weighted by Crippen LogP contribution is -2.55. The van der Waals surface area contributed by atoms with Gasteiger partial charge in [-0.25, -0.2) is 0 Å². The van der Waals surface area contributed by atoms with Crippen LogP contribution in [0.1, 0.15) is 24.9 Å². The number of rotatable bonds is 4. The minimum Gasteiger partial charge on any atom is -0.468 e. The number of ether oxygens (including phenoxy) is 1. The van der Waals surface area contributed by atoms with Crippen molar-refractivity contribution in [3.05, 3.63) is 29.8 Å². The second-order valence-electron chi connectivity index (χ2n) is 7.16. The highest BCUT2D eigenvalue weighted by atomic mass is 16.5. The Labute approximate surface area is 153 Å². The number of carbonyl (C=O) groups is 3. The van der Waals surface area contributed by atoms with Crippen LogP contribution in [0.3, 0.4) is 0 Å². The molecule has 0 saturated carbocycles. The maximum atomic E-state index is 12.8. The number of carbonyl (C=O) groups excluding carboxylic acids is 3. The molecule has 2 saturated heterocycles. The molecule has 1 aromatic carbocycles. The molecule has 2 aliphatic rings. The molecular weight excluding hydrogens is 334 g/mol. The lowest BCUT2D eigenvalue weighted by molar-refractivity contribution is -0.154. The maximum absolute atomic E-state index is 12.8. The normalized spacial score (nSPS) is 30.5. The van der Waals surface area contributed by atoms with E-state index in [9.17, 15) is 14.4 Å². The highest BCUT2D eigenvalue weighted by Gasteiger charge is 2.67. The standard InChI is InChI=1S/C19H25N3O4/c1-6-19(18(25)26-5)14-13(16(23)22(4)17(14)24)15(20-19)11-7-9-12(10-8-11)21(2)3/h7-10,13-15,20H,6H2,1-5H3/t13-,14+,15-,19+/m1/s1. The molecule has 0 bridgehead atoms. The van der Waals surface area contributed by atoms with Crippen LogP contribution in [0.5, 0.6) is 0 Å². The number of esters is 1. The third-order valence-electron chi connectivity index (χ3n) is 5.75. The van der Waals surface area contributed by atoms with E-state index in [-0.39, 0.29) is 11.8 Å². The van der Waals surface area contributed by atoms with Crippen LogP contribution in [0.2, 0.25) is 0 Å². The average Bonchev–Trinajstić information content (AvgIpc) is 3.11. The van der Waals surface area contributed by atoms with Gasteiger partial charge in [-0.3, -0.25) is 24.6 Å². The number of anilines is 1. The van der Waals surface area contributed by atoms with Crippen LogP contribution in [0.4, 0.5) is 5.69 Å². The fourth-order valence-corrected chi connectivity index (χ4v) is 4.25. The summed E-state index contributed by atoms with van der Waals surface area (Å²) in [5, 5.41) is 3.30. The first-order valence-corrected chi connectivity index (χ1v) is 8.73. The van der Waals surface area contributed by atoms with Gasteiger partial charge in [-0.1, -0.05) is 19.1 Å². The van der Waals surface area contributed by atoms with E-state index in [0.717, 1.165) is 16.2 Å². The van der Waals surface area contributed by atoms with Gasteiger partial charge in [0.05, 0.1) is 18.9 Å². The van der Waals surface area contributed by atoms with Gasteiger partial charge >= 0.3 is 5.97 Å². The van der Waals surface area contributed by atoms with E-state index in [1.165, 1.54) is 14.2 Å². The Morgan fingerprint density at radius 1 is 1.23 bits per heavy atom. The number of nitrogens with zero attached hydrogens (tertiary/aromatic N) is 2. The van der Waals surface area contributed by atoms with Crippen LogP contribution in [0, 0.1) is 11.8 Å². The SMILES string of the molecule is CC[C@]1(C(=O)OC)N[C@H](c2ccc(N(C)C)cc2)[C@@H]2C(=O)N(C)C(=O)[C@H]21. The monoisotopic (exact) mass is 359 g/mol. The number of benzene rings is 1. The summed E-state index contributed by atoms with van der Waals surface area (Å²) in [6.07, 6.45) is 0.361. The summed E-state index contributed by atoms with van der Waals surface area (Å²) in [7, 11) is 6.69. The van der Waals surface area contributed by atoms with Crippen molar-refractivity contribution in [1.29, 1.82) is 0 Å². The molecule has 0 unspecified atom stereocenters. The van der Waals surface area contributed by atoms with Crippen molar-refractivity contribution in [2.45, 2.75) is 24.9 Å². The summed E-state index contributed by atoms with van der Waals surface area (Å²) in [6, 6.07) is 7.37. The predicted octanol–water partition coefficient (Wildman–Crippen LogP) is 0.950. The van der Waals surface area contributed by atoms with Gasteiger partial charge in [-0.2, -0.15) is 0 Å². The van der Waals surface area contributed by atoms with Crippen molar-refractivity contribution in [1.82, 2.24) is 10.2 Å². The zero-order valence-electron chi connectivity index (χ0n) is 15.8. The van der Waals surface area contributed by atoms with Crippen molar-refractivity contribution in [3.8, 4) is 0 Å². The number of methoxy groups -OCH3 is 1. The van der Waals surface area contributed by atoms with Gasteiger partial charge in [0.15, 0.2) is 0 Å². The van der Waals surface area contributed by atoms with Crippen molar-refractivity contribution < 1.29 is 19.1 Å². The van der Waals surface area contributed by atoms with Gasteiger partial charge in [-0.05, 0) is 24.1 Å². The van der Waals surface area contributed by atoms with Crippen LogP contribution in [0.15, 0.2) is 24.3 Å². The number of nitrogens with one attached hydrogen (secondary N) is 1. The molecule has 1 N–H and O–H groups in total. The zero-order chi connectivity index (χ0) is 19.2. The highest BCUT2D eigenvalue weighted by molar-refractivity contribution is 6.09. The second-order valence-corrected chi connectivity index (χ2v) is 7.16. The van der Waals surface area contributed by atoms with Gasteiger partial charge in [0.2, 0.25) is 11.8 Å². The summed E-state index contributed by atoms with van der Waals surface area (Å²) in [4.78, 5) is 41.3. The number of likely N-dealkylation sites (tertiary alicyclic amines) is 1. The van der Waals surface area contributed by atoms with E-state index in [1.54, 1.807) is 0 Å². The lowest BCUT2D eigenvalue weighted by Gasteiger charge is -2.30. The highest BCUT2D eigenvalue weighted by Crippen LogP contribution is 2.50. The third kappa shape index (κ3) is 2.41. The number of imide groups is 1. The van der Waals surface area contributed by atoms with Crippen molar-refractivity contribution in [2.75, 3.05) is 33.2 Å². The van der Waals surface area contributed by atoms with Crippen LogP contribution >= 0.6 is 0 Å². The van der Waals surface area contributed by atoms with Crippen LogP contribution in [-0.2, 0) is 19.1 Å². The number of hydrogen-bond acceptors (Lipinski definition) is 6. The third-order valence-corrected chi connectivity index (χ3v) is 5.75. The van der Waals surface area contributed by atoms with Crippen molar-refractivity contribution in [2.24, 2.45) is 11.8 Å². The lowest BCUT2D eigenvalue weighted by atomic mass is 9.78. The molecule has 7 heteroatoms. The van der Waals surface area contributed by atoms with Crippen LogP contribution < -0.4 is 10.2 Å². The first-order chi connectivity index (χ1) is 12.3. The molecule has 4 atom stereocenters. The zero-order valence-corrected chi connectivity index (χ0v) is 15.8. The molecule has 3 rings (SSSR count). The average molecular weight is 359 g/mol. The minimum atomic E-state index is -1.19. The molecule has 0 aliphatic carbocycles. The Morgan fingerprint density at radius 3 is 2.35 bits per heavy atom. The van der Waals surface area contributed by atoms with Gasteiger partial charge in [-0.15, -0.1) is 0 Å². The second kappa shape index (κ2) is 6.39. The Morgan fingerprint density at radius 2 is 1.85 bits per heavy atom. The van der Waals surface area contributed by atoms with Crippen LogP contribution in [0.25, 0.3) is 0 Å². The maximum Gasteiger partial charge on any atom is 0.326 e. The summed E-state index contributed by atoms with van der Waals surface area (Å²) >= 11 is 0. The Bertz CT molecular complexity index is 746. The van der Waals surface area contributed by atoms with Gasteiger partial charge in [0.1, 0.15) is 5.54 Å². The predicted molar refractivity (Wildman–Crippen MR) is 96.4 cm³/mol. The molecule has 2 amide bonds. The van der Waals surface area contributed by atoms with Gasteiger partial charge in [0.25, 0.3) is 0 Å². The molecular formula is C19H25N3O4. The van der Waals surface area contributed by atoms with Crippen molar-refractivity contribution >= 4 is 23.5 Å². The quantitative estimate of drug-likeness (QED) is 0.637. The topological polar surface area (TPSA) is 79.0 Å². The van der Waals surface area contributed by atoms with Gasteiger partial charge < -0.3 is 9.64 Å². The first-order valence-electron chi connectivity index (χ1n) is 8.73. The number of amides is 2. The molecule has 0 spiro atoms. The summed E-state index contributed by atoms with van der Waals surface area (Å²) < 4.78 is 5.00. The van der Waals surface area contributed by atoms with E-state index < -0.39 is 29.4 Å². The van der Waals surface area contributed by atoms with E-state index in [2.05, 4.69) is 5.32 Å². The summed E-state index contributed by atoms with van der Waals surface area (Å²) in [5.74, 6) is -2.45. The van der Waals surface area contributed by atoms with E-state index >= 15 is 0 Å². The van der Waals surface area contributed by atoms with E-state index in [4.69, 9.17) is 4.74 Å². The number of fused-ring (bicyclic) bond motifs is 1. The Balaban J connectivity index is 2.08. The molecule has 0 radical (unpaired) electrons. The fraction of sp³-hybridized carbons (Fsp3) is 0.526. The van der Waals surface area contributed by atoms with E-state index in [0.29, 0.717) is 6.42 Å². The van der Waals surface area contributed by atoms with Gasteiger partial charge in [0, 0.05) is 32.9 Å². The largest absolute Gasteiger partial charge is 0.468 e. The molecule has 2 aliphatic heterocycles. The smallest absolute Gasteiger partial charge is 0.326 e.